The Kier molecular flexibility index (Phi) is 5.44. The summed E-state index contributed by atoms with van der Waals surface area (Å²) in [5.41, 5.74) is 0.904. The Morgan fingerprint density at radius 3 is 2.95 bits per heavy atom. The van der Waals surface area contributed by atoms with Crippen molar-refractivity contribution in [3.05, 3.63) is 33.9 Å². The van der Waals surface area contributed by atoms with Crippen LogP contribution in [0.1, 0.15) is 23.7 Å². The molecule has 114 valence electrons. The van der Waals surface area contributed by atoms with E-state index in [9.17, 15) is 14.9 Å². The summed E-state index contributed by atoms with van der Waals surface area (Å²) in [6, 6.07) is 4.53. The van der Waals surface area contributed by atoms with Crippen molar-refractivity contribution in [1.29, 1.82) is 0 Å². The third-order valence-electron chi connectivity index (χ3n) is 3.32. The van der Waals surface area contributed by atoms with E-state index in [4.69, 9.17) is 0 Å². The van der Waals surface area contributed by atoms with Gasteiger partial charge in [0.15, 0.2) is 0 Å². The minimum atomic E-state index is -0.436. The van der Waals surface area contributed by atoms with Crippen LogP contribution in [-0.4, -0.2) is 46.9 Å². The van der Waals surface area contributed by atoms with E-state index in [1.165, 1.54) is 6.07 Å². The summed E-state index contributed by atoms with van der Waals surface area (Å²) in [5.74, 6) is 1.97. The Morgan fingerprint density at radius 2 is 2.24 bits per heavy atom. The second-order valence-electron chi connectivity index (χ2n) is 4.78. The highest BCUT2D eigenvalue weighted by molar-refractivity contribution is 7.99. The number of nitro groups is 1. The summed E-state index contributed by atoms with van der Waals surface area (Å²) >= 11 is 1.85. The van der Waals surface area contributed by atoms with Gasteiger partial charge in [-0.2, -0.15) is 11.8 Å². The molecule has 0 radical (unpaired) electrons. The van der Waals surface area contributed by atoms with Crippen LogP contribution in [0.3, 0.4) is 0 Å². The normalized spacial score (nSPS) is 15.4. The van der Waals surface area contributed by atoms with Gasteiger partial charge in [-0.25, -0.2) is 0 Å². The Bertz CT molecular complexity index is 528. The number of nitrogens with zero attached hydrogens (tertiary/aromatic N) is 2. The van der Waals surface area contributed by atoms with Gasteiger partial charge in [0.1, 0.15) is 5.69 Å². The molecule has 1 heterocycles. The molecule has 0 atom stereocenters. The fraction of sp³-hybridized carbons (Fsp3) is 0.500. The Morgan fingerprint density at radius 1 is 1.43 bits per heavy atom. The number of nitro benzene ring substituents is 1. The largest absolute Gasteiger partial charge is 0.380 e. The second kappa shape index (κ2) is 7.31. The topological polar surface area (TPSA) is 75.5 Å². The fourth-order valence-corrected chi connectivity index (χ4v) is 3.18. The van der Waals surface area contributed by atoms with Gasteiger partial charge in [-0.3, -0.25) is 14.9 Å². The number of nitrogens with one attached hydrogen (secondary N) is 1. The summed E-state index contributed by atoms with van der Waals surface area (Å²) < 4.78 is 0. The molecule has 1 aromatic carbocycles. The number of anilines is 1. The van der Waals surface area contributed by atoms with Crippen LogP contribution >= 0.6 is 11.8 Å². The summed E-state index contributed by atoms with van der Waals surface area (Å²) in [7, 11) is 0. The van der Waals surface area contributed by atoms with E-state index in [1.54, 1.807) is 12.1 Å². The van der Waals surface area contributed by atoms with E-state index in [2.05, 4.69) is 5.32 Å². The van der Waals surface area contributed by atoms with Crippen LogP contribution in [0.4, 0.5) is 11.4 Å². The molecule has 21 heavy (non-hydrogen) atoms. The van der Waals surface area contributed by atoms with Crippen molar-refractivity contribution >= 4 is 29.0 Å². The summed E-state index contributed by atoms with van der Waals surface area (Å²) in [6.45, 7) is 3.92. The van der Waals surface area contributed by atoms with Crippen LogP contribution < -0.4 is 5.32 Å². The molecule has 1 aromatic rings. The SMILES string of the molecule is CCNc1cc(C(=O)N2CCCSCC2)ccc1[N+](=O)[O-]. The van der Waals surface area contributed by atoms with Crippen molar-refractivity contribution < 1.29 is 9.72 Å². The molecule has 2 rings (SSSR count). The van der Waals surface area contributed by atoms with Crippen molar-refractivity contribution in [3.8, 4) is 0 Å². The first-order chi connectivity index (χ1) is 10.1. The molecule has 0 aliphatic carbocycles. The smallest absolute Gasteiger partial charge is 0.292 e. The minimum absolute atomic E-state index is 0.000165. The number of benzene rings is 1. The van der Waals surface area contributed by atoms with Gasteiger partial charge in [0, 0.05) is 37.0 Å². The van der Waals surface area contributed by atoms with Crippen LogP contribution in [0.2, 0.25) is 0 Å². The molecular weight excluding hydrogens is 290 g/mol. The van der Waals surface area contributed by atoms with Crippen LogP contribution in [0, 0.1) is 10.1 Å². The molecule has 7 heteroatoms. The Hall–Kier alpha value is -1.76. The lowest BCUT2D eigenvalue weighted by Gasteiger charge is -2.20. The molecule has 0 spiro atoms. The number of hydrogen-bond acceptors (Lipinski definition) is 5. The van der Waals surface area contributed by atoms with Gasteiger partial charge in [0.05, 0.1) is 4.92 Å². The van der Waals surface area contributed by atoms with Gasteiger partial charge in [-0.1, -0.05) is 0 Å². The average Bonchev–Trinajstić information content (AvgIpc) is 2.75. The molecule has 1 fully saturated rings. The molecule has 1 aliphatic heterocycles. The number of carbonyl (C=O) groups excluding carboxylic acids is 1. The summed E-state index contributed by atoms with van der Waals surface area (Å²) in [4.78, 5) is 24.9. The quantitative estimate of drug-likeness (QED) is 0.683. The maximum atomic E-state index is 12.5. The van der Waals surface area contributed by atoms with Crippen LogP contribution in [-0.2, 0) is 0 Å². The van der Waals surface area contributed by atoms with Gasteiger partial charge in [0.2, 0.25) is 0 Å². The molecule has 1 aliphatic rings. The highest BCUT2D eigenvalue weighted by Gasteiger charge is 2.21. The van der Waals surface area contributed by atoms with Gasteiger partial charge in [-0.05, 0) is 31.2 Å². The molecule has 6 nitrogen and oxygen atoms in total. The zero-order valence-electron chi connectivity index (χ0n) is 12.0. The van der Waals surface area contributed by atoms with Gasteiger partial charge >= 0.3 is 0 Å². The number of amides is 1. The fourth-order valence-electron chi connectivity index (χ4n) is 2.29. The van der Waals surface area contributed by atoms with E-state index in [-0.39, 0.29) is 11.6 Å². The maximum absolute atomic E-state index is 12.5. The number of carbonyl (C=O) groups is 1. The lowest BCUT2D eigenvalue weighted by atomic mass is 10.1. The van der Waals surface area contributed by atoms with Gasteiger partial charge < -0.3 is 10.2 Å². The standard InChI is InChI=1S/C14H19N3O3S/c1-2-15-12-10-11(4-5-13(12)17(19)20)14(18)16-6-3-8-21-9-7-16/h4-5,10,15H,2-3,6-9H2,1H3. The Labute approximate surface area is 128 Å². The monoisotopic (exact) mass is 309 g/mol. The lowest BCUT2D eigenvalue weighted by Crippen LogP contribution is -2.32. The van der Waals surface area contributed by atoms with Crippen molar-refractivity contribution in [2.75, 3.05) is 36.5 Å². The summed E-state index contributed by atoms with van der Waals surface area (Å²) in [5, 5.41) is 13.9. The van der Waals surface area contributed by atoms with E-state index < -0.39 is 4.92 Å². The highest BCUT2D eigenvalue weighted by Crippen LogP contribution is 2.26. The predicted molar refractivity (Wildman–Crippen MR) is 85.1 cm³/mol. The van der Waals surface area contributed by atoms with Gasteiger partial charge in [0.25, 0.3) is 11.6 Å². The second-order valence-corrected chi connectivity index (χ2v) is 6.00. The number of thioether (sulfide) groups is 1. The van der Waals surface area contributed by atoms with E-state index in [0.29, 0.717) is 17.8 Å². The van der Waals surface area contributed by atoms with Crippen molar-refractivity contribution in [1.82, 2.24) is 4.90 Å². The van der Waals surface area contributed by atoms with E-state index in [1.807, 2.05) is 23.6 Å². The first-order valence-electron chi connectivity index (χ1n) is 7.02. The molecule has 0 saturated carbocycles. The van der Waals surface area contributed by atoms with Crippen LogP contribution in [0.15, 0.2) is 18.2 Å². The van der Waals surface area contributed by atoms with Crippen molar-refractivity contribution in [2.24, 2.45) is 0 Å². The minimum Gasteiger partial charge on any atom is -0.380 e. The average molecular weight is 309 g/mol. The third-order valence-corrected chi connectivity index (χ3v) is 4.37. The number of hydrogen-bond donors (Lipinski definition) is 1. The molecular formula is C14H19N3O3S. The van der Waals surface area contributed by atoms with E-state index in [0.717, 1.165) is 31.0 Å². The highest BCUT2D eigenvalue weighted by atomic mass is 32.2. The van der Waals surface area contributed by atoms with Crippen LogP contribution in [0.5, 0.6) is 0 Å². The molecule has 1 amide bonds. The zero-order valence-corrected chi connectivity index (χ0v) is 12.8. The first-order valence-corrected chi connectivity index (χ1v) is 8.18. The molecule has 1 N–H and O–H groups in total. The molecule has 0 unspecified atom stereocenters. The van der Waals surface area contributed by atoms with E-state index >= 15 is 0 Å². The lowest BCUT2D eigenvalue weighted by molar-refractivity contribution is -0.384. The number of rotatable bonds is 4. The van der Waals surface area contributed by atoms with Crippen molar-refractivity contribution in [3.63, 3.8) is 0 Å². The molecule has 0 bridgehead atoms. The summed E-state index contributed by atoms with van der Waals surface area (Å²) in [6.07, 6.45) is 0.990. The zero-order chi connectivity index (χ0) is 15.2. The predicted octanol–water partition coefficient (Wildman–Crippen LogP) is 2.61. The third kappa shape index (κ3) is 3.87. The molecule has 0 aromatic heterocycles. The van der Waals surface area contributed by atoms with Crippen molar-refractivity contribution in [2.45, 2.75) is 13.3 Å². The Balaban J connectivity index is 2.24. The van der Waals surface area contributed by atoms with Gasteiger partial charge in [-0.15, -0.1) is 0 Å². The maximum Gasteiger partial charge on any atom is 0.292 e. The van der Waals surface area contributed by atoms with Crippen LogP contribution in [0.25, 0.3) is 0 Å². The first kappa shape index (κ1) is 15.6. The molecule has 1 saturated heterocycles.